The van der Waals surface area contributed by atoms with E-state index in [1.807, 2.05) is 0 Å². The Morgan fingerprint density at radius 1 is 1.00 bits per heavy atom. The van der Waals surface area contributed by atoms with Crippen molar-refractivity contribution in [3.63, 3.8) is 0 Å². The number of nitrogens with one attached hydrogen (secondary N) is 2. The minimum atomic E-state index is -1.17. The van der Waals surface area contributed by atoms with Crippen LogP contribution in [0.3, 0.4) is 0 Å². The molecule has 132 valence electrons. The molecule has 2 atom stereocenters. The van der Waals surface area contributed by atoms with Crippen molar-refractivity contribution >= 4 is 17.9 Å². The van der Waals surface area contributed by atoms with E-state index in [2.05, 4.69) is 10.6 Å². The van der Waals surface area contributed by atoms with Gasteiger partial charge in [-0.05, 0) is 52.0 Å². The van der Waals surface area contributed by atoms with Crippen molar-refractivity contribution in [1.82, 2.24) is 10.6 Å². The molecule has 0 aliphatic heterocycles. The number of carbonyl (C=O) groups is 3. The quantitative estimate of drug-likeness (QED) is 0.770. The average Bonchev–Trinajstić information content (AvgIpc) is 2.48. The Balaban J connectivity index is 2.48. The third-order valence-corrected chi connectivity index (χ3v) is 2.78. The molecule has 1 rings (SSSR count). The number of ether oxygens (including phenoxy) is 2. The highest BCUT2D eigenvalue weighted by atomic mass is 19.1. The van der Waals surface area contributed by atoms with Gasteiger partial charge in [-0.25, -0.2) is 14.0 Å². The third-order valence-electron chi connectivity index (χ3n) is 2.78. The Hall–Kier alpha value is -2.64. The van der Waals surface area contributed by atoms with Crippen LogP contribution in [0.2, 0.25) is 0 Å². The summed E-state index contributed by atoms with van der Waals surface area (Å²) in [4.78, 5) is 35.1. The van der Waals surface area contributed by atoms with Crippen molar-refractivity contribution in [1.29, 1.82) is 0 Å². The predicted octanol–water partition coefficient (Wildman–Crippen LogP) is 1.76. The molecule has 8 heteroatoms. The van der Waals surface area contributed by atoms with Gasteiger partial charge in [0.15, 0.2) is 12.2 Å². The van der Waals surface area contributed by atoms with Crippen LogP contribution in [0.4, 0.5) is 9.18 Å². The van der Waals surface area contributed by atoms with E-state index >= 15 is 0 Å². The van der Waals surface area contributed by atoms with Gasteiger partial charge in [-0.1, -0.05) is 0 Å². The molecule has 1 aromatic carbocycles. The molecule has 0 aliphatic carbocycles. The SMILES string of the molecule is CC(C)NC(=O)NC(=O)[C@@H](C)OC(=O)[C@H](C)Oc1ccc(F)cc1. The molecule has 2 N–H and O–H groups in total. The molecular formula is C16H21FN2O5. The lowest BCUT2D eigenvalue weighted by Gasteiger charge is -2.18. The van der Waals surface area contributed by atoms with Crippen LogP contribution in [0.1, 0.15) is 27.7 Å². The van der Waals surface area contributed by atoms with Gasteiger partial charge in [0, 0.05) is 6.04 Å². The second-order valence-electron chi connectivity index (χ2n) is 5.41. The molecule has 7 nitrogen and oxygen atoms in total. The maximum atomic E-state index is 12.8. The molecule has 0 fully saturated rings. The number of halogens is 1. The van der Waals surface area contributed by atoms with Crippen LogP contribution in [0.25, 0.3) is 0 Å². The minimum absolute atomic E-state index is 0.139. The second kappa shape index (κ2) is 8.85. The molecule has 0 aromatic heterocycles. The number of imide groups is 1. The normalized spacial score (nSPS) is 12.9. The summed E-state index contributed by atoms with van der Waals surface area (Å²) in [5.74, 6) is -1.68. The van der Waals surface area contributed by atoms with Crippen LogP contribution in [-0.4, -0.2) is 36.2 Å². The van der Waals surface area contributed by atoms with E-state index in [1.165, 1.54) is 38.1 Å². The van der Waals surface area contributed by atoms with Crippen molar-refractivity contribution < 1.29 is 28.2 Å². The lowest BCUT2D eigenvalue weighted by Crippen LogP contribution is -2.47. The highest BCUT2D eigenvalue weighted by molar-refractivity contribution is 5.97. The molecule has 3 amide bonds. The summed E-state index contributed by atoms with van der Waals surface area (Å²) >= 11 is 0. The van der Waals surface area contributed by atoms with Crippen LogP contribution in [0, 0.1) is 5.82 Å². The van der Waals surface area contributed by atoms with Crippen LogP contribution in [0.15, 0.2) is 24.3 Å². The molecule has 0 radical (unpaired) electrons. The maximum Gasteiger partial charge on any atom is 0.347 e. The molecule has 0 heterocycles. The zero-order chi connectivity index (χ0) is 18.3. The van der Waals surface area contributed by atoms with Crippen molar-refractivity contribution in [3.8, 4) is 5.75 Å². The first-order valence-corrected chi connectivity index (χ1v) is 7.43. The van der Waals surface area contributed by atoms with Gasteiger partial charge in [0.2, 0.25) is 0 Å². The number of rotatable bonds is 6. The molecule has 0 spiro atoms. The fourth-order valence-electron chi connectivity index (χ4n) is 1.60. The molecule has 1 aromatic rings. The fraction of sp³-hybridized carbons (Fsp3) is 0.438. The number of hydrogen-bond donors (Lipinski definition) is 2. The van der Waals surface area contributed by atoms with E-state index in [9.17, 15) is 18.8 Å². The average molecular weight is 340 g/mol. The van der Waals surface area contributed by atoms with Crippen LogP contribution in [-0.2, 0) is 14.3 Å². The number of urea groups is 1. The Morgan fingerprint density at radius 3 is 2.12 bits per heavy atom. The first kappa shape index (κ1) is 19.4. The topological polar surface area (TPSA) is 93.7 Å². The van der Waals surface area contributed by atoms with E-state index in [0.717, 1.165) is 0 Å². The van der Waals surface area contributed by atoms with E-state index in [1.54, 1.807) is 13.8 Å². The smallest absolute Gasteiger partial charge is 0.347 e. The van der Waals surface area contributed by atoms with Crippen LogP contribution < -0.4 is 15.4 Å². The van der Waals surface area contributed by atoms with Crippen molar-refractivity contribution in [3.05, 3.63) is 30.1 Å². The summed E-state index contributed by atoms with van der Waals surface area (Å²) in [7, 11) is 0. The van der Waals surface area contributed by atoms with E-state index < -0.39 is 35.9 Å². The van der Waals surface area contributed by atoms with Gasteiger partial charge < -0.3 is 14.8 Å². The lowest BCUT2D eigenvalue weighted by molar-refractivity contribution is -0.160. The molecular weight excluding hydrogens is 319 g/mol. The van der Waals surface area contributed by atoms with Gasteiger partial charge in [0.05, 0.1) is 0 Å². The number of esters is 1. The fourth-order valence-corrected chi connectivity index (χ4v) is 1.60. The van der Waals surface area contributed by atoms with Crippen molar-refractivity contribution in [2.45, 2.75) is 45.9 Å². The Bertz CT molecular complexity index is 589. The number of benzene rings is 1. The Morgan fingerprint density at radius 2 is 1.58 bits per heavy atom. The summed E-state index contributed by atoms with van der Waals surface area (Å²) < 4.78 is 23.0. The molecule has 24 heavy (non-hydrogen) atoms. The molecule has 0 unspecified atom stereocenters. The van der Waals surface area contributed by atoms with Crippen molar-refractivity contribution in [2.75, 3.05) is 0 Å². The first-order valence-electron chi connectivity index (χ1n) is 7.43. The van der Waals surface area contributed by atoms with Gasteiger partial charge in [-0.15, -0.1) is 0 Å². The molecule has 0 saturated heterocycles. The largest absolute Gasteiger partial charge is 0.479 e. The van der Waals surface area contributed by atoms with Gasteiger partial charge in [0.1, 0.15) is 11.6 Å². The standard InChI is InChI=1S/C16H21FN2O5/c1-9(2)18-16(22)19-14(20)10(3)24-15(21)11(4)23-13-7-5-12(17)6-8-13/h5-11H,1-4H3,(H2,18,19,20,22)/t10-,11+/m1/s1. The van der Waals surface area contributed by atoms with Crippen LogP contribution in [0.5, 0.6) is 5.75 Å². The summed E-state index contributed by atoms with van der Waals surface area (Å²) in [6, 6.07) is 4.30. The monoisotopic (exact) mass is 340 g/mol. The predicted molar refractivity (Wildman–Crippen MR) is 83.9 cm³/mol. The summed E-state index contributed by atoms with van der Waals surface area (Å²) in [6.07, 6.45) is -2.18. The lowest BCUT2D eigenvalue weighted by atomic mass is 10.3. The van der Waals surface area contributed by atoms with E-state index in [0.29, 0.717) is 0 Å². The summed E-state index contributed by atoms with van der Waals surface area (Å²) in [5.41, 5.74) is 0. The van der Waals surface area contributed by atoms with Gasteiger partial charge in [0.25, 0.3) is 5.91 Å². The third kappa shape index (κ3) is 6.64. The summed E-state index contributed by atoms with van der Waals surface area (Å²) in [6.45, 7) is 6.24. The molecule has 0 aliphatic rings. The van der Waals surface area contributed by atoms with E-state index in [-0.39, 0.29) is 11.8 Å². The first-order chi connectivity index (χ1) is 11.2. The van der Waals surface area contributed by atoms with E-state index in [4.69, 9.17) is 9.47 Å². The Kier molecular flexibility index (Phi) is 7.16. The summed E-state index contributed by atoms with van der Waals surface area (Å²) in [5, 5.41) is 4.54. The van der Waals surface area contributed by atoms with Gasteiger partial charge in [-0.2, -0.15) is 0 Å². The van der Waals surface area contributed by atoms with Gasteiger partial charge >= 0.3 is 12.0 Å². The molecule has 0 bridgehead atoms. The van der Waals surface area contributed by atoms with Gasteiger partial charge in [-0.3, -0.25) is 10.1 Å². The zero-order valence-electron chi connectivity index (χ0n) is 14.0. The second-order valence-corrected chi connectivity index (χ2v) is 5.41. The number of carbonyl (C=O) groups excluding carboxylic acids is 3. The highest BCUT2D eigenvalue weighted by Gasteiger charge is 2.24. The Labute approximate surface area is 139 Å². The minimum Gasteiger partial charge on any atom is -0.479 e. The zero-order valence-corrected chi connectivity index (χ0v) is 14.0. The molecule has 0 saturated carbocycles. The highest BCUT2D eigenvalue weighted by Crippen LogP contribution is 2.13. The van der Waals surface area contributed by atoms with Crippen molar-refractivity contribution in [2.24, 2.45) is 0 Å². The number of amides is 3. The van der Waals surface area contributed by atoms with Crippen LogP contribution >= 0.6 is 0 Å². The number of hydrogen-bond acceptors (Lipinski definition) is 5. The maximum absolute atomic E-state index is 12.8.